The van der Waals surface area contributed by atoms with E-state index in [4.69, 9.17) is 10.5 Å². The molecule has 4 heteroatoms. The minimum atomic E-state index is 0.339. The second-order valence-electron chi connectivity index (χ2n) is 5.62. The van der Waals surface area contributed by atoms with Crippen LogP contribution in [-0.4, -0.2) is 19.1 Å². The van der Waals surface area contributed by atoms with E-state index in [1.54, 1.807) is 7.11 Å². The largest absolute Gasteiger partial charge is 0.497 e. The molecule has 2 atom stereocenters. The van der Waals surface area contributed by atoms with Gasteiger partial charge >= 0.3 is 0 Å². The molecule has 22 heavy (non-hydrogen) atoms. The maximum absolute atomic E-state index is 5.98. The zero-order valence-electron chi connectivity index (χ0n) is 12.7. The molecule has 0 aromatic heterocycles. The zero-order chi connectivity index (χ0) is 15.4. The Morgan fingerprint density at radius 1 is 1.18 bits per heavy atom. The van der Waals surface area contributed by atoms with Crippen LogP contribution in [0.3, 0.4) is 0 Å². The standard InChI is InChI=1S/C18H21N3O/c1-22-16-9-7-15(8-10-16)20-18(19)21-17-12-14(17)11-13-5-3-2-4-6-13/h2-10,14,17H,11-12H2,1H3,(H3,19,20,21). The van der Waals surface area contributed by atoms with E-state index in [-0.39, 0.29) is 0 Å². The lowest BCUT2D eigenvalue weighted by molar-refractivity contribution is 0.415. The number of rotatable bonds is 5. The minimum Gasteiger partial charge on any atom is -0.497 e. The predicted molar refractivity (Wildman–Crippen MR) is 90.3 cm³/mol. The monoisotopic (exact) mass is 295 g/mol. The number of aliphatic imine (C=N–C) groups is 1. The Kier molecular flexibility index (Phi) is 4.28. The fourth-order valence-corrected chi connectivity index (χ4v) is 2.56. The molecule has 1 aliphatic rings. The number of benzene rings is 2. The molecule has 0 spiro atoms. The lowest BCUT2D eigenvalue weighted by Gasteiger charge is -2.06. The number of nitrogens with zero attached hydrogens (tertiary/aromatic N) is 1. The van der Waals surface area contributed by atoms with Gasteiger partial charge in [-0.3, -0.25) is 0 Å². The highest BCUT2D eigenvalue weighted by Crippen LogP contribution is 2.36. The molecule has 0 bridgehead atoms. The van der Waals surface area contributed by atoms with Gasteiger partial charge in [0.1, 0.15) is 5.75 Å². The van der Waals surface area contributed by atoms with Crippen LogP contribution in [-0.2, 0) is 6.42 Å². The molecule has 3 rings (SSSR count). The molecule has 0 aliphatic heterocycles. The molecule has 0 amide bonds. The molecule has 0 heterocycles. The molecular formula is C18H21N3O. The highest BCUT2D eigenvalue weighted by atomic mass is 16.5. The quantitative estimate of drug-likeness (QED) is 0.658. The molecule has 3 N–H and O–H groups in total. The molecule has 2 aromatic carbocycles. The smallest absolute Gasteiger partial charge is 0.193 e. The van der Waals surface area contributed by atoms with Crippen LogP contribution in [0.2, 0.25) is 0 Å². The van der Waals surface area contributed by atoms with Crippen molar-refractivity contribution in [3.05, 3.63) is 60.2 Å². The Labute approximate surface area is 131 Å². The van der Waals surface area contributed by atoms with E-state index in [9.17, 15) is 0 Å². The van der Waals surface area contributed by atoms with Gasteiger partial charge in [-0.05, 0) is 48.6 Å². The molecular weight excluding hydrogens is 274 g/mol. The molecule has 1 aliphatic carbocycles. The fraction of sp³-hybridized carbons (Fsp3) is 0.278. The van der Waals surface area contributed by atoms with E-state index in [2.05, 4.69) is 34.6 Å². The Bertz CT molecular complexity index is 637. The molecule has 114 valence electrons. The summed E-state index contributed by atoms with van der Waals surface area (Å²) in [7, 11) is 1.65. The second kappa shape index (κ2) is 6.52. The summed E-state index contributed by atoms with van der Waals surface area (Å²) >= 11 is 0. The number of nitrogens with two attached hydrogens (primary N) is 1. The lowest BCUT2D eigenvalue weighted by atomic mass is 10.1. The SMILES string of the molecule is COc1ccc(NC(N)=NC2CC2Cc2ccccc2)cc1. The third kappa shape index (κ3) is 3.79. The molecule has 2 aromatic rings. The maximum atomic E-state index is 5.98. The number of nitrogens with one attached hydrogen (secondary N) is 1. The van der Waals surface area contributed by atoms with E-state index < -0.39 is 0 Å². The van der Waals surface area contributed by atoms with Crippen LogP contribution in [0.4, 0.5) is 5.69 Å². The first-order chi connectivity index (χ1) is 10.7. The number of guanidine groups is 1. The number of anilines is 1. The van der Waals surface area contributed by atoms with Gasteiger partial charge in [0, 0.05) is 5.69 Å². The summed E-state index contributed by atoms with van der Waals surface area (Å²) in [6.45, 7) is 0. The van der Waals surface area contributed by atoms with Gasteiger partial charge in [0.2, 0.25) is 0 Å². The molecule has 4 nitrogen and oxygen atoms in total. The van der Waals surface area contributed by atoms with Crippen molar-refractivity contribution in [1.82, 2.24) is 0 Å². The van der Waals surface area contributed by atoms with Gasteiger partial charge in [0.05, 0.1) is 13.2 Å². The summed E-state index contributed by atoms with van der Waals surface area (Å²) in [6, 6.07) is 18.5. The van der Waals surface area contributed by atoms with E-state index in [0.717, 1.165) is 24.3 Å². The summed E-state index contributed by atoms with van der Waals surface area (Å²) in [6.07, 6.45) is 2.19. The predicted octanol–water partition coefficient (Wildman–Crippen LogP) is 3.05. The van der Waals surface area contributed by atoms with Gasteiger partial charge in [-0.1, -0.05) is 30.3 Å². The summed E-state index contributed by atoms with van der Waals surface area (Å²) < 4.78 is 5.13. The van der Waals surface area contributed by atoms with Crippen LogP contribution in [0, 0.1) is 5.92 Å². The summed E-state index contributed by atoms with van der Waals surface area (Å²) in [5.41, 5.74) is 8.27. The molecule has 1 saturated carbocycles. The van der Waals surface area contributed by atoms with Crippen molar-refractivity contribution < 1.29 is 4.74 Å². The average Bonchev–Trinajstić information content (AvgIpc) is 3.26. The van der Waals surface area contributed by atoms with Crippen LogP contribution < -0.4 is 15.8 Å². The molecule has 2 unspecified atom stereocenters. The van der Waals surface area contributed by atoms with Crippen molar-refractivity contribution in [3.8, 4) is 5.75 Å². The van der Waals surface area contributed by atoms with Gasteiger partial charge in [0.15, 0.2) is 5.96 Å². The lowest BCUT2D eigenvalue weighted by Crippen LogP contribution is -2.23. The molecule has 0 radical (unpaired) electrons. The van der Waals surface area contributed by atoms with Gasteiger partial charge in [-0.15, -0.1) is 0 Å². The molecule has 0 saturated heterocycles. The van der Waals surface area contributed by atoms with Gasteiger partial charge in [-0.2, -0.15) is 0 Å². The van der Waals surface area contributed by atoms with Crippen LogP contribution in [0.15, 0.2) is 59.6 Å². The summed E-state index contributed by atoms with van der Waals surface area (Å²) in [4.78, 5) is 4.56. The van der Waals surface area contributed by atoms with E-state index in [0.29, 0.717) is 17.9 Å². The second-order valence-corrected chi connectivity index (χ2v) is 5.62. The van der Waals surface area contributed by atoms with Crippen molar-refractivity contribution in [3.63, 3.8) is 0 Å². The molecule has 1 fully saturated rings. The first-order valence-electron chi connectivity index (χ1n) is 7.53. The van der Waals surface area contributed by atoms with Crippen LogP contribution in [0.1, 0.15) is 12.0 Å². The zero-order valence-corrected chi connectivity index (χ0v) is 12.7. The summed E-state index contributed by atoms with van der Waals surface area (Å²) in [5, 5.41) is 3.12. The van der Waals surface area contributed by atoms with E-state index in [1.165, 1.54) is 5.56 Å². The number of methoxy groups -OCH3 is 1. The van der Waals surface area contributed by atoms with Gasteiger partial charge in [-0.25, -0.2) is 4.99 Å². The van der Waals surface area contributed by atoms with Crippen molar-refractivity contribution in [2.45, 2.75) is 18.9 Å². The van der Waals surface area contributed by atoms with Crippen molar-refractivity contribution in [1.29, 1.82) is 0 Å². The average molecular weight is 295 g/mol. The van der Waals surface area contributed by atoms with Crippen molar-refractivity contribution in [2.24, 2.45) is 16.6 Å². The Morgan fingerprint density at radius 2 is 1.91 bits per heavy atom. The Balaban J connectivity index is 1.52. The highest BCUT2D eigenvalue weighted by molar-refractivity contribution is 5.92. The minimum absolute atomic E-state index is 0.339. The van der Waals surface area contributed by atoms with Crippen molar-refractivity contribution >= 4 is 11.6 Å². The normalized spacial score (nSPS) is 20.5. The van der Waals surface area contributed by atoms with Gasteiger partial charge < -0.3 is 15.8 Å². The summed E-state index contributed by atoms with van der Waals surface area (Å²) in [5.74, 6) is 1.91. The van der Waals surface area contributed by atoms with Gasteiger partial charge in [0.25, 0.3) is 0 Å². The number of hydrogen-bond acceptors (Lipinski definition) is 2. The topological polar surface area (TPSA) is 59.6 Å². The highest BCUT2D eigenvalue weighted by Gasteiger charge is 2.36. The van der Waals surface area contributed by atoms with E-state index >= 15 is 0 Å². The van der Waals surface area contributed by atoms with Crippen molar-refractivity contribution in [2.75, 3.05) is 12.4 Å². The Morgan fingerprint density at radius 3 is 2.59 bits per heavy atom. The number of ether oxygens (including phenoxy) is 1. The third-order valence-electron chi connectivity index (χ3n) is 3.89. The Hall–Kier alpha value is -2.49. The fourth-order valence-electron chi connectivity index (χ4n) is 2.56. The van der Waals surface area contributed by atoms with E-state index in [1.807, 2.05) is 30.3 Å². The van der Waals surface area contributed by atoms with Crippen LogP contribution in [0.25, 0.3) is 0 Å². The first-order valence-corrected chi connectivity index (χ1v) is 7.53. The van der Waals surface area contributed by atoms with Crippen LogP contribution >= 0.6 is 0 Å². The maximum Gasteiger partial charge on any atom is 0.193 e. The number of hydrogen-bond donors (Lipinski definition) is 2. The third-order valence-corrected chi connectivity index (χ3v) is 3.89. The van der Waals surface area contributed by atoms with Crippen LogP contribution in [0.5, 0.6) is 5.75 Å². The first kappa shape index (κ1) is 14.4.